The summed E-state index contributed by atoms with van der Waals surface area (Å²) in [6, 6.07) is 13.7. The van der Waals surface area contributed by atoms with Gasteiger partial charge in [0.05, 0.1) is 19.4 Å². The molecule has 0 spiro atoms. The topological polar surface area (TPSA) is 86.1 Å². The number of nitrogens with one attached hydrogen (secondary N) is 1. The average molecular weight is 452 g/mol. The lowest BCUT2D eigenvalue weighted by atomic mass is 10.1. The Kier molecular flexibility index (Phi) is 7.59. The van der Waals surface area contributed by atoms with Crippen LogP contribution in [0.2, 0.25) is 0 Å². The third-order valence-electron chi connectivity index (χ3n) is 5.28. The molecule has 2 amide bonds. The van der Waals surface area contributed by atoms with Crippen LogP contribution in [0.5, 0.6) is 5.75 Å². The second-order valence-electron chi connectivity index (χ2n) is 7.69. The molecule has 2 heterocycles. The normalized spacial score (nSPS) is 13.4. The van der Waals surface area contributed by atoms with Gasteiger partial charge in [0.2, 0.25) is 0 Å². The number of carbonyl (C=O) groups is 1. The van der Waals surface area contributed by atoms with Crippen molar-refractivity contribution in [3.8, 4) is 17.1 Å². The maximum Gasteiger partial charge on any atom is 0.321 e. The van der Waals surface area contributed by atoms with Gasteiger partial charge in [-0.1, -0.05) is 6.07 Å². The number of anilines is 1. The molecule has 1 aliphatic heterocycles. The Morgan fingerprint density at radius 2 is 1.94 bits per heavy atom. The summed E-state index contributed by atoms with van der Waals surface area (Å²) in [7, 11) is 1.65. The van der Waals surface area contributed by atoms with Crippen LogP contribution < -0.4 is 15.0 Å². The molecular formula is C25H29N3O5. The Balaban J connectivity index is 1.47. The molecule has 4 rings (SSSR count). The number of nitrogens with zero attached hydrogens (tertiary/aromatic N) is 2. The average Bonchev–Trinajstić information content (AvgIpc) is 3.47. The fourth-order valence-corrected chi connectivity index (χ4v) is 3.68. The minimum absolute atomic E-state index is 0.0677. The third kappa shape index (κ3) is 5.91. The SMILES string of the molecule is CCOCc1cc(Cc2ncc(-c3ccc(N4CCNC4=O)cc3)o2)cc(OCCOC)c1. The highest BCUT2D eigenvalue weighted by Crippen LogP contribution is 2.26. The molecule has 1 fully saturated rings. The second kappa shape index (κ2) is 11.0. The zero-order chi connectivity index (χ0) is 23.0. The lowest BCUT2D eigenvalue weighted by molar-refractivity contribution is 0.132. The van der Waals surface area contributed by atoms with E-state index in [1.165, 1.54) is 0 Å². The molecule has 3 aromatic rings. The molecular weight excluding hydrogens is 422 g/mol. The quantitative estimate of drug-likeness (QED) is 0.443. The first-order valence-electron chi connectivity index (χ1n) is 11.1. The number of rotatable bonds is 11. The number of hydrogen-bond donors (Lipinski definition) is 1. The van der Waals surface area contributed by atoms with Crippen LogP contribution in [-0.4, -0.2) is 51.0 Å². The van der Waals surface area contributed by atoms with Gasteiger partial charge in [-0.25, -0.2) is 9.78 Å². The Bertz CT molecular complexity index is 1060. The molecule has 0 radical (unpaired) electrons. The van der Waals surface area contributed by atoms with Crippen molar-refractivity contribution < 1.29 is 23.4 Å². The lowest BCUT2D eigenvalue weighted by Crippen LogP contribution is -2.27. The number of oxazole rings is 1. The van der Waals surface area contributed by atoms with Gasteiger partial charge in [0.25, 0.3) is 0 Å². The predicted octanol–water partition coefficient (Wildman–Crippen LogP) is 4.02. The molecule has 0 atom stereocenters. The van der Waals surface area contributed by atoms with E-state index in [-0.39, 0.29) is 6.03 Å². The van der Waals surface area contributed by atoms with Crippen LogP contribution in [-0.2, 0) is 22.5 Å². The first-order valence-corrected chi connectivity index (χ1v) is 11.1. The van der Waals surface area contributed by atoms with E-state index >= 15 is 0 Å². The summed E-state index contributed by atoms with van der Waals surface area (Å²) < 4.78 is 22.5. The first kappa shape index (κ1) is 22.8. The summed E-state index contributed by atoms with van der Waals surface area (Å²) in [5, 5.41) is 2.81. The van der Waals surface area contributed by atoms with Crippen LogP contribution in [0.25, 0.3) is 11.3 Å². The van der Waals surface area contributed by atoms with Gasteiger partial charge in [-0.3, -0.25) is 4.90 Å². The van der Waals surface area contributed by atoms with Crippen molar-refractivity contribution in [2.75, 3.05) is 44.9 Å². The van der Waals surface area contributed by atoms with Gasteiger partial charge in [0.1, 0.15) is 12.4 Å². The van der Waals surface area contributed by atoms with Crippen molar-refractivity contribution in [2.45, 2.75) is 20.0 Å². The zero-order valence-corrected chi connectivity index (χ0v) is 19.0. The Hall–Kier alpha value is -3.36. The molecule has 33 heavy (non-hydrogen) atoms. The van der Waals surface area contributed by atoms with Crippen LogP contribution in [0.1, 0.15) is 23.9 Å². The van der Waals surface area contributed by atoms with Gasteiger partial charge in [-0.15, -0.1) is 0 Å². The van der Waals surface area contributed by atoms with Crippen molar-refractivity contribution in [2.24, 2.45) is 0 Å². The molecule has 174 valence electrons. The Labute approximate surface area is 193 Å². The minimum Gasteiger partial charge on any atom is -0.491 e. The van der Waals surface area contributed by atoms with Gasteiger partial charge in [0, 0.05) is 44.5 Å². The molecule has 1 N–H and O–H groups in total. The fourth-order valence-electron chi connectivity index (χ4n) is 3.68. The van der Waals surface area contributed by atoms with Gasteiger partial charge < -0.3 is 23.9 Å². The number of hydrogen-bond acceptors (Lipinski definition) is 6. The van der Waals surface area contributed by atoms with E-state index in [1.54, 1.807) is 18.2 Å². The predicted molar refractivity (Wildman–Crippen MR) is 125 cm³/mol. The van der Waals surface area contributed by atoms with Crippen molar-refractivity contribution in [1.82, 2.24) is 10.3 Å². The number of aromatic nitrogens is 1. The van der Waals surface area contributed by atoms with Gasteiger partial charge in [-0.05, 0) is 54.4 Å². The largest absolute Gasteiger partial charge is 0.491 e. The number of benzene rings is 2. The summed E-state index contributed by atoms with van der Waals surface area (Å²) in [6.07, 6.45) is 2.26. The fraction of sp³-hybridized carbons (Fsp3) is 0.360. The van der Waals surface area contributed by atoms with E-state index in [1.807, 2.05) is 43.3 Å². The van der Waals surface area contributed by atoms with Crippen molar-refractivity contribution in [3.63, 3.8) is 0 Å². The first-order chi connectivity index (χ1) is 16.2. The number of methoxy groups -OCH3 is 1. The Morgan fingerprint density at radius 1 is 1.12 bits per heavy atom. The van der Waals surface area contributed by atoms with Crippen LogP contribution in [0.15, 0.2) is 53.1 Å². The standard InChI is InChI=1S/C25H29N3O5/c1-3-31-17-19-12-18(13-22(14-19)32-11-10-30-2)15-24-27-16-23(33-24)20-4-6-21(7-5-20)28-9-8-26-25(28)29/h4-7,12-14,16H,3,8-11,15,17H2,1-2H3,(H,26,29). The summed E-state index contributed by atoms with van der Waals surface area (Å²) in [6.45, 7) is 5.47. The summed E-state index contributed by atoms with van der Waals surface area (Å²) in [5.74, 6) is 2.07. The molecule has 1 aliphatic rings. The second-order valence-corrected chi connectivity index (χ2v) is 7.69. The zero-order valence-electron chi connectivity index (χ0n) is 19.0. The number of amides is 2. The highest BCUT2D eigenvalue weighted by Gasteiger charge is 2.21. The van der Waals surface area contributed by atoms with E-state index in [9.17, 15) is 4.79 Å². The van der Waals surface area contributed by atoms with Gasteiger partial charge in [0.15, 0.2) is 11.7 Å². The van der Waals surface area contributed by atoms with E-state index in [2.05, 4.69) is 16.4 Å². The number of ether oxygens (including phenoxy) is 3. The van der Waals surface area contributed by atoms with Crippen molar-refractivity contribution in [3.05, 3.63) is 65.7 Å². The molecule has 0 saturated carbocycles. The molecule has 1 saturated heterocycles. The molecule has 0 bridgehead atoms. The van der Waals surface area contributed by atoms with Crippen LogP contribution in [0.4, 0.5) is 10.5 Å². The van der Waals surface area contributed by atoms with Crippen LogP contribution in [0.3, 0.4) is 0 Å². The maximum absolute atomic E-state index is 11.8. The molecule has 1 aromatic heterocycles. The summed E-state index contributed by atoms with van der Waals surface area (Å²) in [5.41, 5.74) is 3.84. The highest BCUT2D eigenvalue weighted by atomic mass is 16.5. The van der Waals surface area contributed by atoms with E-state index < -0.39 is 0 Å². The molecule has 8 heteroatoms. The highest BCUT2D eigenvalue weighted by molar-refractivity contribution is 5.94. The van der Waals surface area contributed by atoms with Crippen molar-refractivity contribution >= 4 is 11.7 Å². The van der Waals surface area contributed by atoms with Crippen molar-refractivity contribution in [1.29, 1.82) is 0 Å². The van der Waals surface area contributed by atoms with Gasteiger partial charge in [-0.2, -0.15) is 0 Å². The minimum atomic E-state index is -0.0677. The third-order valence-corrected chi connectivity index (χ3v) is 5.28. The Morgan fingerprint density at radius 3 is 2.67 bits per heavy atom. The van der Waals surface area contributed by atoms with E-state index in [0.717, 1.165) is 28.1 Å². The van der Waals surface area contributed by atoms with Gasteiger partial charge >= 0.3 is 6.03 Å². The lowest BCUT2D eigenvalue weighted by Gasteiger charge is -2.14. The summed E-state index contributed by atoms with van der Waals surface area (Å²) >= 11 is 0. The molecule has 2 aromatic carbocycles. The number of urea groups is 1. The number of carbonyl (C=O) groups excluding carboxylic acids is 1. The van der Waals surface area contributed by atoms with Crippen LogP contribution in [0, 0.1) is 0 Å². The monoisotopic (exact) mass is 451 g/mol. The van der Waals surface area contributed by atoms with Crippen LogP contribution >= 0.6 is 0 Å². The van der Waals surface area contributed by atoms with E-state index in [0.29, 0.717) is 57.6 Å². The summed E-state index contributed by atoms with van der Waals surface area (Å²) in [4.78, 5) is 18.0. The molecule has 8 nitrogen and oxygen atoms in total. The maximum atomic E-state index is 11.8. The van der Waals surface area contributed by atoms with E-state index in [4.69, 9.17) is 18.6 Å². The molecule has 0 aliphatic carbocycles. The smallest absolute Gasteiger partial charge is 0.321 e. The molecule has 0 unspecified atom stereocenters.